The molecule has 0 aromatic rings. The van der Waals surface area contributed by atoms with Gasteiger partial charge >= 0.3 is 0 Å². The van der Waals surface area contributed by atoms with E-state index in [4.69, 9.17) is 9.47 Å². The molecule has 0 unspecified atom stereocenters. The van der Waals surface area contributed by atoms with Gasteiger partial charge in [0, 0.05) is 14.2 Å². The average molecular weight is 177 g/mol. The van der Waals surface area contributed by atoms with E-state index in [1.165, 1.54) is 0 Å². The van der Waals surface area contributed by atoms with Gasteiger partial charge in [0.25, 0.3) is 0 Å². The van der Waals surface area contributed by atoms with Gasteiger partial charge in [-0.05, 0) is 26.4 Å². The van der Waals surface area contributed by atoms with Crippen molar-refractivity contribution in [3.63, 3.8) is 0 Å². The van der Waals surface area contributed by atoms with Crippen molar-refractivity contribution in [1.82, 2.24) is 5.32 Å². The molecule has 1 N–H and O–H groups in total. The van der Waals surface area contributed by atoms with Crippen LogP contribution in [0.2, 0.25) is 0 Å². The van der Waals surface area contributed by atoms with Gasteiger partial charge in [-0.25, -0.2) is 0 Å². The highest BCUT2D eigenvalue weighted by atomic mass is 16.7. The maximum atomic E-state index is 5.00. The zero-order chi connectivity index (χ0) is 9.82. The topological polar surface area (TPSA) is 30.5 Å². The monoisotopic (exact) mass is 177 g/mol. The quantitative estimate of drug-likeness (QED) is 0.494. The zero-order valence-corrected chi connectivity index (χ0v) is 9.02. The van der Waals surface area contributed by atoms with Crippen LogP contribution in [0.5, 0.6) is 0 Å². The predicted octanol–water partition coefficient (Wildman–Crippen LogP) is 1.63. The molecule has 3 nitrogen and oxygen atoms in total. The highest BCUT2D eigenvalue weighted by Gasteiger charge is 2.02. The summed E-state index contributed by atoms with van der Waals surface area (Å²) in [5, 5.41) is 3.06. The predicted molar refractivity (Wildman–Crippen MR) is 52.3 cm³/mol. The van der Waals surface area contributed by atoms with E-state index in [0.717, 1.165) is 19.4 Å². The third-order valence-corrected chi connectivity index (χ3v) is 1.39. The smallest absolute Gasteiger partial charge is 0.156 e. The molecular formula is C9H23NO2. The van der Waals surface area contributed by atoms with Crippen LogP contribution in [0.15, 0.2) is 0 Å². The van der Waals surface area contributed by atoms with Gasteiger partial charge in [0.05, 0.1) is 0 Å². The first kappa shape index (κ1) is 14.4. The summed E-state index contributed by atoms with van der Waals surface area (Å²) in [4.78, 5) is 0. The molecule has 0 fully saturated rings. The van der Waals surface area contributed by atoms with Crippen LogP contribution in [0.1, 0.15) is 26.7 Å². The second kappa shape index (κ2) is 13.5. The molecule has 0 radical (unpaired) electrons. The largest absolute Gasteiger partial charge is 0.356 e. The van der Waals surface area contributed by atoms with E-state index >= 15 is 0 Å². The van der Waals surface area contributed by atoms with Crippen LogP contribution in [-0.4, -0.2) is 34.1 Å². The van der Waals surface area contributed by atoms with Crippen molar-refractivity contribution >= 4 is 0 Å². The minimum absolute atomic E-state index is 0.0339. The Kier molecular flexibility index (Phi) is 16.2. The second-order valence-electron chi connectivity index (χ2n) is 2.15. The number of ether oxygens (including phenoxy) is 2. The molecule has 0 aliphatic rings. The van der Waals surface area contributed by atoms with Gasteiger partial charge in [0.15, 0.2) is 6.29 Å². The van der Waals surface area contributed by atoms with Crippen molar-refractivity contribution in [1.29, 1.82) is 0 Å². The van der Waals surface area contributed by atoms with Crippen molar-refractivity contribution in [2.24, 2.45) is 0 Å². The van der Waals surface area contributed by atoms with Crippen molar-refractivity contribution in [2.45, 2.75) is 33.0 Å². The highest BCUT2D eigenvalue weighted by Crippen LogP contribution is 1.99. The van der Waals surface area contributed by atoms with E-state index in [-0.39, 0.29) is 6.29 Å². The molecule has 0 aromatic carbocycles. The fourth-order valence-electron chi connectivity index (χ4n) is 0.777. The lowest BCUT2D eigenvalue weighted by atomic mass is 10.3. The van der Waals surface area contributed by atoms with Crippen LogP contribution in [-0.2, 0) is 9.47 Å². The lowest BCUT2D eigenvalue weighted by Gasteiger charge is -2.12. The van der Waals surface area contributed by atoms with Crippen LogP contribution in [0.3, 0.4) is 0 Å². The standard InChI is InChI=1S/C7H17NO2.C2H6/c1-8-6-4-5-7(9-2)10-3;1-2/h7-8H,4-6H2,1-3H3;1-2H3. The Morgan fingerprint density at radius 2 is 1.67 bits per heavy atom. The molecule has 0 rings (SSSR count). The third kappa shape index (κ3) is 9.88. The first-order valence-corrected chi connectivity index (χ1v) is 4.55. The SMILES string of the molecule is CC.CNCCCC(OC)OC. The second-order valence-corrected chi connectivity index (χ2v) is 2.15. The van der Waals surface area contributed by atoms with Crippen molar-refractivity contribution in [3.8, 4) is 0 Å². The number of hydrogen-bond donors (Lipinski definition) is 1. The summed E-state index contributed by atoms with van der Waals surface area (Å²) in [7, 11) is 5.26. The summed E-state index contributed by atoms with van der Waals surface area (Å²) in [6.45, 7) is 5.02. The molecule has 0 amide bonds. The van der Waals surface area contributed by atoms with Gasteiger partial charge < -0.3 is 14.8 Å². The van der Waals surface area contributed by atoms with E-state index in [1.54, 1.807) is 14.2 Å². The summed E-state index contributed by atoms with van der Waals surface area (Å²) < 4.78 is 9.99. The van der Waals surface area contributed by atoms with Crippen molar-refractivity contribution in [3.05, 3.63) is 0 Å². The molecule has 3 heteroatoms. The normalized spacial score (nSPS) is 9.50. The van der Waals surface area contributed by atoms with Gasteiger partial charge in [0.2, 0.25) is 0 Å². The Balaban J connectivity index is 0. The average Bonchev–Trinajstić information content (AvgIpc) is 2.16. The third-order valence-electron chi connectivity index (χ3n) is 1.39. The maximum absolute atomic E-state index is 5.00. The number of rotatable bonds is 6. The van der Waals surface area contributed by atoms with Gasteiger partial charge in [-0.15, -0.1) is 0 Å². The fourth-order valence-corrected chi connectivity index (χ4v) is 0.777. The van der Waals surface area contributed by atoms with E-state index < -0.39 is 0 Å². The van der Waals surface area contributed by atoms with Gasteiger partial charge in [-0.2, -0.15) is 0 Å². The van der Waals surface area contributed by atoms with Crippen LogP contribution in [0, 0.1) is 0 Å². The summed E-state index contributed by atoms with van der Waals surface area (Å²) in [5.74, 6) is 0. The minimum Gasteiger partial charge on any atom is -0.356 e. The molecule has 0 aliphatic carbocycles. The van der Waals surface area contributed by atoms with Crippen LogP contribution < -0.4 is 5.32 Å². The summed E-state index contributed by atoms with van der Waals surface area (Å²) >= 11 is 0. The molecule has 76 valence electrons. The molecule has 0 atom stereocenters. The molecule has 12 heavy (non-hydrogen) atoms. The summed E-state index contributed by atoms with van der Waals surface area (Å²) in [5.41, 5.74) is 0. The summed E-state index contributed by atoms with van der Waals surface area (Å²) in [6, 6.07) is 0. The lowest BCUT2D eigenvalue weighted by Crippen LogP contribution is -2.16. The molecule has 0 saturated carbocycles. The van der Waals surface area contributed by atoms with E-state index in [9.17, 15) is 0 Å². The lowest BCUT2D eigenvalue weighted by molar-refractivity contribution is -0.106. The van der Waals surface area contributed by atoms with Gasteiger partial charge in [-0.1, -0.05) is 13.8 Å². The van der Waals surface area contributed by atoms with Crippen molar-refractivity contribution in [2.75, 3.05) is 27.8 Å². The highest BCUT2D eigenvalue weighted by molar-refractivity contribution is 4.46. The van der Waals surface area contributed by atoms with Crippen molar-refractivity contribution < 1.29 is 9.47 Å². The number of hydrogen-bond acceptors (Lipinski definition) is 3. The van der Waals surface area contributed by atoms with Crippen LogP contribution >= 0.6 is 0 Å². The Morgan fingerprint density at radius 3 is 2.00 bits per heavy atom. The van der Waals surface area contributed by atoms with Gasteiger partial charge in [-0.3, -0.25) is 0 Å². The Morgan fingerprint density at radius 1 is 1.17 bits per heavy atom. The Hall–Kier alpha value is -0.120. The minimum atomic E-state index is -0.0339. The summed E-state index contributed by atoms with van der Waals surface area (Å²) in [6.07, 6.45) is 2.00. The first-order chi connectivity index (χ1) is 5.85. The fraction of sp³-hybridized carbons (Fsp3) is 1.00. The van der Waals surface area contributed by atoms with Crippen LogP contribution in [0.4, 0.5) is 0 Å². The molecule has 0 saturated heterocycles. The molecule has 0 aromatic heterocycles. The maximum Gasteiger partial charge on any atom is 0.156 e. The molecule has 0 aliphatic heterocycles. The van der Waals surface area contributed by atoms with E-state index in [2.05, 4.69) is 5.32 Å². The van der Waals surface area contributed by atoms with Crippen LogP contribution in [0.25, 0.3) is 0 Å². The van der Waals surface area contributed by atoms with E-state index in [0.29, 0.717) is 0 Å². The zero-order valence-electron chi connectivity index (χ0n) is 9.02. The first-order valence-electron chi connectivity index (χ1n) is 4.55. The molecule has 0 heterocycles. The van der Waals surface area contributed by atoms with Gasteiger partial charge in [0.1, 0.15) is 0 Å². The molecule has 0 spiro atoms. The molecule has 0 bridgehead atoms. The molecular weight excluding hydrogens is 154 g/mol. The Bertz CT molecular complexity index is 65.5. The van der Waals surface area contributed by atoms with E-state index in [1.807, 2.05) is 20.9 Å². The number of methoxy groups -OCH3 is 2. The Labute approximate surface area is 76.4 Å². The number of nitrogens with one attached hydrogen (secondary N) is 1.